The Bertz CT molecular complexity index is 2650. The standard InChI is InChI=1S/C47H38N4O/c1-31-26-27-48-45(28-31)49-41-21-10-7-18-37(41)38-25-24-33(30-44(38)49)47(39-19-8-5-16-35(39)36-17-6-9-20-40(36)47)32-14-13-15-34(29-32)50-42-22-11-12-23-43(42)51(52-50)46(2,3)4/h5-30H,1-4H3. The molecule has 0 atom stereocenters. The molecule has 0 fully saturated rings. The Morgan fingerprint density at radius 1 is 0.577 bits per heavy atom. The van der Waals surface area contributed by atoms with Crippen LogP contribution in [-0.2, 0) is 10.4 Å². The van der Waals surface area contributed by atoms with E-state index in [1.807, 2.05) is 16.3 Å². The molecule has 0 N–H and O–H groups in total. The van der Waals surface area contributed by atoms with Gasteiger partial charge in [0.2, 0.25) is 0 Å². The Hall–Kier alpha value is -6.17. The van der Waals surface area contributed by atoms with E-state index in [4.69, 9.17) is 9.92 Å². The molecule has 8 aromatic rings. The summed E-state index contributed by atoms with van der Waals surface area (Å²) in [6.07, 6.45) is 1.91. The van der Waals surface area contributed by atoms with E-state index >= 15 is 0 Å². The van der Waals surface area contributed by atoms with E-state index in [9.17, 15) is 0 Å². The maximum Gasteiger partial charge on any atom is 0.137 e. The fraction of sp³-hybridized carbons (Fsp3) is 0.128. The van der Waals surface area contributed by atoms with Crippen molar-refractivity contribution in [3.05, 3.63) is 186 Å². The molecule has 5 nitrogen and oxygen atoms in total. The molecule has 10 rings (SSSR count). The number of aryl methyl sites for hydroxylation is 1. The van der Waals surface area contributed by atoms with E-state index in [-0.39, 0.29) is 5.54 Å². The SMILES string of the molecule is Cc1ccnc(-n2c3ccccc3c3ccc(C4(c5cccc(N6ON(C(C)(C)C)c7ccccc76)c5)c5ccccc5-c5ccccc54)cc32)c1. The number of hydrogen-bond acceptors (Lipinski definition) is 4. The van der Waals surface area contributed by atoms with Crippen molar-refractivity contribution < 1.29 is 4.94 Å². The zero-order valence-electron chi connectivity index (χ0n) is 29.7. The van der Waals surface area contributed by atoms with Gasteiger partial charge in [-0.2, -0.15) is 5.06 Å². The zero-order valence-corrected chi connectivity index (χ0v) is 29.7. The number of pyridine rings is 1. The van der Waals surface area contributed by atoms with Crippen LogP contribution >= 0.6 is 0 Å². The van der Waals surface area contributed by atoms with Crippen LogP contribution in [0.25, 0.3) is 38.8 Å². The molecular weight excluding hydrogens is 637 g/mol. The van der Waals surface area contributed by atoms with Crippen molar-refractivity contribution in [2.45, 2.75) is 38.6 Å². The minimum Gasteiger partial charge on any atom is -0.294 e. The first kappa shape index (κ1) is 30.6. The number of rotatable bonds is 4. The average Bonchev–Trinajstić information content (AvgIpc) is 3.82. The van der Waals surface area contributed by atoms with Crippen molar-refractivity contribution in [3.63, 3.8) is 0 Å². The van der Waals surface area contributed by atoms with E-state index < -0.39 is 5.41 Å². The average molecular weight is 675 g/mol. The molecular formula is C47H38N4O. The van der Waals surface area contributed by atoms with Crippen LogP contribution < -0.4 is 10.1 Å². The highest BCUT2D eigenvalue weighted by molar-refractivity contribution is 6.09. The van der Waals surface area contributed by atoms with Gasteiger partial charge >= 0.3 is 0 Å². The molecule has 3 heterocycles. The number of nitrogens with zero attached hydrogens (tertiary/aromatic N) is 4. The van der Waals surface area contributed by atoms with E-state index in [1.165, 1.54) is 49.7 Å². The number of aromatic nitrogens is 2. The molecule has 0 saturated heterocycles. The fourth-order valence-corrected chi connectivity index (χ4v) is 8.63. The molecule has 6 aromatic carbocycles. The zero-order chi connectivity index (χ0) is 35.2. The van der Waals surface area contributed by atoms with Gasteiger partial charge in [-0.05, 0) is 115 Å². The first-order chi connectivity index (χ1) is 25.3. The second kappa shape index (κ2) is 11.2. The van der Waals surface area contributed by atoms with Gasteiger partial charge in [0.25, 0.3) is 0 Å². The molecule has 0 bridgehead atoms. The molecule has 0 spiro atoms. The van der Waals surface area contributed by atoms with Gasteiger partial charge in [0, 0.05) is 17.0 Å². The third-order valence-electron chi connectivity index (χ3n) is 10.8. The van der Waals surface area contributed by atoms with Crippen LogP contribution in [-0.4, -0.2) is 15.1 Å². The number of fused-ring (bicyclic) bond motifs is 7. The fourth-order valence-electron chi connectivity index (χ4n) is 8.63. The molecule has 0 amide bonds. The Morgan fingerprint density at radius 2 is 1.23 bits per heavy atom. The maximum absolute atomic E-state index is 6.70. The minimum absolute atomic E-state index is 0.243. The molecule has 52 heavy (non-hydrogen) atoms. The lowest BCUT2D eigenvalue weighted by Gasteiger charge is -2.35. The smallest absolute Gasteiger partial charge is 0.137 e. The third-order valence-corrected chi connectivity index (χ3v) is 10.8. The summed E-state index contributed by atoms with van der Waals surface area (Å²) in [5.41, 5.74) is 13.1. The molecule has 0 saturated carbocycles. The molecule has 1 aliphatic carbocycles. The number of para-hydroxylation sites is 3. The van der Waals surface area contributed by atoms with Crippen molar-refractivity contribution in [2.24, 2.45) is 0 Å². The van der Waals surface area contributed by atoms with Crippen LogP contribution in [0.1, 0.15) is 48.6 Å². The van der Waals surface area contributed by atoms with Crippen LogP contribution in [0.15, 0.2) is 158 Å². The molecule has 5 heteroatoms. The van der Waals surface area contributed by atoms with Gasteiger partial charge in [0.1, 0.15) is 5.82 Å². The summed E-state index contributed by atoms with van der Waals surface area (Å²) >= 11 is 0. The van der Waals surface area contributed by atoms with Crippen molar-refractivity contribution in [3.8, 4) is 16.9 Å². The van der Waals surface area contributed by atoms with Gasteiger partial charge in [-0.25, -0.2) is 10.0 Å². The summed E-state index contributed by atoms with van der Waals surface area (Å²) in [7, 11) is 0. The number of hydroxylamine groups is 1. The van der Waals surface area contributed by atoms with Gasteiger partial charge in [-0.3, -0.25) is 4.57 Å². The van der Waals surface area contributed by atoms with Gasteiger partial charge in [0.05, 0.1) is 39.0 Å². The topological polar surface area (TPSA) is 33.5 Å². The lowest BCUT2D eigenvalue weighted by atomic mass is 9.67. The largest absolute Gasteiger partial charge is 0.294 e. The Labute approximate surface area is 303 Å². The summed E-state index contributed by atoms with van der Waals surface area (Å²) < 4.78 is 2.33. The van der Waals surface area contributed by atoms with Gasteiger partial charge in [-0.15, -0.1) is 4.94 Å². The van der Waals surface area contributed by atoms with E-state index in [0.29, 0.717) is 0 Å². The summed E-state index contributed by atoms with van der Waals surface area (Å²) in [4.78, 5) is 11.6. The Kier molecular flexibility index (Phi) is 6.58. The maximum atomic E-state index is 6.70. The number of benzene rings is 6. The van der Waals surface area contributed by atoms with Crippen LogP contribution in [0.5, 0.6) is 0 Å². The molecule has 0 radical (unpaired) electrons. The second-order valence-electron chi connectivity index (χ2n) is 15.0. The Morgan fingerprint density at radius 3 is 1.98 bits per heavy atom. The summed E-state index contributed by atoms with van der Waals surface area (Å²) in [6, 6.07) is 55.1. The molecule has 2 aromatic heterocycles. The summed E-state index contributed by atoms with van der Waals surface area (Å²) in [5, 5.41) is 6.41. The first-order valence-corrected chi connectivity index (χ1v) is 18.0. The minimum atomic E-state index is -0.609. The van der Waals surface area contributed by atoms with E-state index in [0.717, 1.165) is 33.9 Å². The van der Waals surface area contributed by atoms with Crippen LogP contribution in [0.2, 0.25) is 0 Å². The van der Waals surface area contributed by atoms with Crippen LogP contribution in [0.3, 0.4) is 0 Å². The van der Waals surface area contributed by atoms with E-state index in [2.05, 4.69) is 184 Å². The van der Waals surface area contributed by atoms with Crippen molar-refractivity contribution in [2.75, 3.05) is 10.1 Å². The highest BCUT2D eigenvalue weighted by Gasteiger charge is 2.47. The lowest BCUT2D eigenvalue weighted by molar-refractivity contribution is 0.0842. The third kappa shape index (κ3) is 4.29. The quantitative estimate of drug-likeness (QED) is 0.186. The summed E-state index contributed by atoms with van der Waals surface area (Å²) in [6.45, 7) is 8.65. The van der Waals surface area contributed by atoms with Gasteiger partial charge in [0.15, 0.2) is 0 Å². The first-order valence-electron chi connectivity index (χ1n) is 18.0. The number of hydrogen-bond donors (Lipinski definition) is 0. The lowest BCUT2D eigenvalue weighted by Crippen LogP contribution is -2.41. The monoisotopic (exact) mass is 674 g/mol. The number of anilines is 3. The van der Waals surface area contributed by atoms with E-state index in [1.54, 1.807) is 0 Å². The molecule has 252 valence electrons. The highest BCUT2D eigenvalue weighted by atomic mass is 16.8. The second-order valence-corrected chi connectivity index (χ2v) is 15.0. The Balaban J connectivity index is 1.26. The normalized spacial score (nSPS) is 14.5. The van der Waals surface area contributed by atoms with Gasteiger partial charge in [-0.1, -0.05) is 103 Å². The predicted octanol–water partition coefficient (Wildman–Crippen LogP) is 11.5. The highest BCUT2D eigenvalue weighted by Crippen LogP contribution is 2.57. The van der Waals surface area contributed by atoms with Crippen molar-refractivity contribution in [1.29, 1.82) is 0 Å². The van der Waals surface area contributed by atoms with Crippen LogP contribution in [0.4, 0.5) is 17.1 Å². The molecule has 1 aliphatic heterocycles. The predicted molar refractivity (Wildman–Crippen MR) is 213 cm³/mol. The summed E-state index contributed by atoms with van der Waals surface area (Å²) in [5.74, 6) is 0.917. The molecule has 2 aliphatic rings. The molecule has 0 unspecified atom stereocenters. The van der Waals surface area contributed by atoms with Gasteiger partial charge < -0.3 is 0 Å². The van der Waals surface area contributed by atoms with Crippen molar-refractivity contribution in [1.82, 2.24) is 9.55 Å². The van der Waals surface area contributed by atoms with Crippen LogP contribution in [0, 0.1) is 6.92 Å². The van der Waals surface area contributed by atoms with Crippen molar-refractivity contribution >= 4 is 38.9 Å².